The molecule has 0 fully saturated rings. The highest BCUT2D eigenvalue weighted by Gasteiger charge is 2.13. The Morgan fingerprint density at radius 3 is 2.53 bits per heavy atom. The molecule has 76 valence electrons. The van der Waals surface area contributed by atoms with Gasteiger partial charge in [-0.3, -0.25) is 0 Å². The largest absolute Gasteiger partial charge is 0.476 e. The number of para-hydroxylation sites is 1. The second-order valence-electron chi connectivity index (χ2n) is 3.02. The maximum atomic E-state index is 10.7. The number of carboxylic acid groups (broad SMARTS) is 1. The highest BCUT2D eigenvalue weighted by Crippen LogP contribution is 2.13. The van der Waals surface area contributed by atoms with Crippen LogP contribution >= 0.6 is 0 Å². The van der Waals surface area contributed by atoms with Gasteiger partial charge in [0.2, 0.25) is 0 Å². The van der Waals surface area contributed by atoms with Gasteiger partial charge in [0.15, 0.2) is 5.69 Å². The molecule has 3 N–H and O–H groups in total. The summed E-state index contributed by atoms with van der Waals surface area (Å²) >= 11 is 0. The lowest BCUT2D eigenvalue weighted by Crippen LogP contribution is -2.02. The molecule has 15 heavy (non-hydrogen) atoms. The second-order valence-corrected chi connectivity index (χ2v) is 3.02. The molecule has 1 aromatic heterocycles. The molecule has 0 bridgehead atoms. The van der Waals surface area contributed by atoms with E-state index in [9.17, 15) is 4.79 Å². The van der Waals surface area contributed by atoms with Crippen LogP contribution in [0.2, 0.25) is 0 Å². The summed E-state index contributed by atoms with van der Waals surface area (Å²) in [7, 11) is 0. The number of anilines is 1. The van der Waals surface area contributed by atoms with Gasteiger partial charge in [-0.2, -0.15) is 5.10 Å². The number of nitrogens with two attached hydrogens (primary N) is 1. The van der Waals surface area contributed by atoms with Crippen LogP contribution in [0.25, 0.3) is 5.69 Å². The number of hydrogen-bond acceptors (Lipinski definition) is 3. The molecule has 0 saturated heterocycles. The third-order valence-electron chi connectivity index (χ3n) is 1.97. The van der Waals surface area contributed by atoms with Gasteiger partial charge in [-0.05, 0) is 12.1 Å². The summed E-state index contributed by atoms with van der Waals surface area (Å²) in [5.74, 6) is -1.12. The maximum absolute atomic E-state index is 10.7. The Hall–Kier alpha value is -2.30. The van der Waals surface area contributed by atoms with Crippen molar-refractivity contribution in [2.24, 2.45) is 0 Å². The second kappa shape index (κ2) is 3.45. The van der Waals surface area contributed by atoms with Gasteiger partial charge in [-0.25, -0.2) is 9.48 Å². The van der Waals surface area contributed by atoms with Crippen LogP contribution in [0.15, 0.2) is 36.5 Å². The number of aromatic nitrogens is 2. The minimum atomic E-state index is -1.12. The number of aromatic carboxylic acids is 1. The normalized spacial score (nSPS) is 10.1. The lowest BCUT2D eigenvalue weighted by molar-refractivity contribution is 0.0691. The van der Waals surface area contributed by atoms with E-state index in [-0.39, 0.29) is 11.4 Å². The Morgan fingerprint density at radius 1 is 1.33 bits per heavy atom. The van der Waals surface area contributed by atoms with Crippen molar-refractivity contribution in [1.82, 2.24) is 9.78 Å². The average molecular weight is 203 g/mol. The van der Waals surface area contributed by atoms with Crippen molar-refractivity contribution >= 4 is 11.7 Å². The predicted molar refractivity (Wildman–Crippen MR) is 54.9 cm³/mol. The van der Waals surface area contributed by atoms with Crippen molar-refractivity contribution < 1.29 is 9.90 Å². The van der Waals surface area contributed by atoms with Crippen molar-refractivity contribution in [2.45, 2.75) is 0 Å². The van der Waals surface area contributed by atoms with E-state index in [2.05, 4.69) is 5.10 Å². The molecule has 1 heterocycles. The summed E-state index contributed by atoms with van der Waals surface area (Å²) in [4.78, 5) is 10.7. The molecule has 0 saturated carbocycles. The number of carbonyl (C=O) groups is 1. The van der Waals surface area contributed by atoms with E-state index in [1.165, 1.54) is 10.9 Å². The summed E-state index contributed by atoms with van der Waals surface area (Å²) in [5, 5.41) is 12.6. The van der Waals surface area contributed by atoms with Crippen LogP contribution in [0.1, 0.15) is 10.5 Å². The predicted octanol–water partition coefficient (Wildman–Crippen LogP) is 1.15. The Morgan fingerprint density at radius 2 is 2.00 bits per heavy atom. The van der Waals surface area contributed by atoms with Crippen LogP contribution in [-0.4, -0.2) is 20.9 Å². The van der Waals surface area contributed by atoms with Crippen LogP contribution in [0, 0.1) is 0 Å². The first-order valence-corrected chi connectivity index (χ1v) is 4.32. The summed E-state index contributed by atoms with van der Waals surface area (Å²) in [6, 6.07) is 9.19. The van der Waals surface area contributed by atoms with Crippen molar-refractivity contribution in [1.29, 1.82) is 0 Å². The van der Waals surface area contributed by atoms with Crippen LogP contribution in [0.3, 0.4) is 0 Å². The third-order valence-corrected chi connectivity index (χ3v) is 1.97. The quantitative estimate of drug-likeness (QED) is 0.767. The van der Waals surface area contributed by atoms with Gasteiger partial charge in [0.25, 0.3) is 0 Å². The molecular formula is C10H9N3O2. The topological polar surface area (TPSA) is 81.1 Å². The molecule has 1 aromatic carbocycles. The number of hydrogen-bond donors (Lipinski definition) is 2. The number of benzene rings is 1. The zero-order valence-electron chi connectivity index (χ0n) is 7.79. The van der Waals surface area contributed by atoms with Crippen LogP contribution < -0.4 is 5.73 Å². The molecule has 0 spiro atoms. The maximum Gasteiger partial charge on any atom is 0.358 e. The van der Waals surface area contributed by atoms with E-state index in [1.54, 1.807) is 0 Å². The smallest absolute Gasteiger partial charge is 0.358 e. The summed E-state index contributed by atoms with van der Waals surface area (Å²) < 4.78 is 1.44. The molecule has 5 nitrogen and oxygen atoms in total. The molecule has 0 unspecified atom stereocenters. The highest BCUT2D eigenvalue weighted by atomic mass is 16.4. The highest BCUT2D eigenvalue weighted by molar-refractivity contribution is 5.91. The van der Waals surface area contributed by atoms with Crippen molar-refractivity contribution in [3.63, 3.8) is 0 Å². The first-order valence-electron chi connectivity index (χ1n) is 4.32. The number of nitrogens with zero attached hydrogens (tertiary/aromatic N) is 2. The fourth-order valence-corrected chi connectivity index (χ4v) is 1.27. The molecule has 0 atom stereocenters. The number of carboxylic acids is 1. The lowest BCUT2D eigenvalue weighted by Gasteiger charge is -1.98. The summed E-state index contributed by atoms with van der Waals surface area (Å²) in [5.41, 5.74) is 6.32. The van der Waals surface area contributed by atoms with E-state index in [4.69, 9.17) is 10.8 Å². The van der Waals surface area contributed by atoms with Crippen molar-refractivity contribution in [3.05, 3.63) is 42.2 Å². The van der Waals surface area contributed by atoms with Crippen LogP contribution in [0.5, 0.6) is 0 Å². The van der Waals surface area contributed by atoms with Gasteiger partial charge in [0.05, 0.1) is 17.6 Å². The van der Waals surface area contributed by atoms with E-state index in [0.717, 1.165) is 5.69 Å². The van der Waals surface area contributed by atoms with Gasteiger partial charge in [-0.1, -0.05) is 18.2 Å². The number of rotatable bonds is 2. The Kier molecular flexibility index (Phi) is 2.13. The standard InChI is InChI=1S/C10H9N3O2/c11-8-6-13(12-9(8)10(14)15)7-4-2-1-3-5-7/h1-6H,11H2,(H,14,15). The van der Waals surface area contributed by atoms with Gasteiger partial charge in [0, 0.05) is 0 Å². The molecule has 2 aromatic rings. The molecule has 0 aliphatic carbocycles. The van der Waals surface area contributed by atoms with Crippen LogP contribution in [-0.2, 0) is 0 Å². The molecule has 0 radical (unpaired) electrons. The molecule has 2 rings (SSSR count). The molecular weight excluding hydrogens is 194 g/mol. The number of nitrogen functional groups attached to an aromatic ring is 1. The van der Waals surface area contributed by atoms with Crippen molar-refractivity contribution in [2.75, 3.05) is 5.73 Å². The summed E-state index contributed by atoms with van der Waals surface area (Å²) in [6.07, 6.45) is 1.48. The third kappa shape index (κ3) is 1.67. The monoisotopic (exact) mass is 203 g/mol. The Bertz CT molecular complexity index is 491. The van der Waals surface area contributed by atoms with Crippen molar-refractivity contribution in [3.8, 4) is 5.69 Å². The van der Waals surface area contributed by atoms with Gasteiger partial charge in [-0.15, -0.1) is 0 Å². The van der Waals surface area contributed by atoms with Crippen LogP contribution in [0.4, 0.5) is 5.69 Å². The fourth-order valence-electron chi connectivity index (χ4n) is 1.27. The van der Waals surface area contributed by atoms with Gasteiger partial charge in [0.1, 0.15) is 0 Å². The minimum Gasteiger partial charge on any atom is -0.476 e. The first kappa shape index (κ1) is 9.26. The summed E-state index contributed by atoms with van der Waals surface area (Å²) in [6.45, 7) is 0. The van der Waals surface area contributed by atoms with E-state index in [0.29, 0.717) is 0 Å². The molecule has 0 aliphatic rings. The lowest BCUT2D eigenvalue weighted by atomic mass is 10.3. The zero-order valence-corrected chi connectivity index (χ0v) is 7.79. The van der Waals surface area contributed by atoms with Gasteiger partial charge >= 0.3 is 5.97 Å². The Labute approximate surface area is 85.8 Å². The first-order chi connectivity index (χ1) is 7.18. The minimum absolute atomic E-state index is 0.126. The SMILES string of the molecule is Nc1cn(-c2ccccc2)nc1C(=O)O. The van der Waals surface area contributed by atoms with E-state index < -0.39 is 5.97 Å². The fraction of sp³-hybridized carbons (Fsp3) is 0. The molecule has 0 amide bonds. The average Bonchev–Trinajstić information content (AvgIpc) is 2.62. The molecule has 0 aliphatic heterocycles. The Balaban J connectivity index is 2.48. The molecule has 5 heteroatoms. The van der Waals surface area contributed by atoms with E-state index in [1.807, 2.05) is 30.3 Å². The zero-order chi connectivity index (χ0) is 10.8. The van der Waals surface area contributed by atoms with E-state index >= 15 is 0 Å². The van der Waals surface area contributed by atoms with Gasteiger partial charge < -0.3 is 10.8 Å².